The number of nitrogens with two attached hydrogens (primary N) is 1. The summed E-state index contributed by atoms with van der Waals surface area (Å²) in [6.07, 6.45) is 2.02. The van der Waals surface area contributed by atoms with Gasteiger partial charge < -0.3 is 10.5 Å². The van der Waals surface area contributed by atoms with Gasteiger partial charge in [0.25, 0.3) is 0 Å². The van der Waals surface area contributed by atoms with Crippen molar-refractivity contribution in [3.8, 4) is 0 Å². The number of sulfonamides is 1. The van der Waals surface area contributed by atoms with Crippen LogP contribution in [0.5, 0.6) is 0 Å². The van der Waals surface area contributed by atoms with Gasteiger partial charge in [-0.15, -0.1) is 0 Å². The molecule has 0 spiro atoms. The Bertz CT molecular complexity index is 579. The van der Waals surface area contributed by atoms with Gasteiger partial charge in [-0.3, -0.25) is 0 Å². The van der Waals surface area contributed by atoms with Gasteiger partial charge in [-0.05, 0) is 35.3 Å². The van der Waals surface area contributed by atoms with Crippen molar-refractivity contribution in [2.24, 2.45) is 0 Å². The standard InChI is InChI=1S/C11H16BrN3O3S/c1-7-9(3-4-18-7)15(2)19(16,17)10-5-8(12)6-14-11(10)13/h5-7,9H,3-4H2,1-2H3,(H2,13,14). The summed E-state index contributed by atoms with van der Waals surface area (Å²) in [5.74, 6) is 0.00150. The maximum atomic E-state index is 12.6. The van der Waals surface area contributed by atoms with Gasteiger partial charge in [0.1, 0.15) is 10.7 Å². The minimum atomic E-state index is -3.67. The highest BCUT2D eigenvalue weighted by Gasteiger charge is 2.36. The number of nitrogens with zero attached hydrogens (tertiary/aromatic N) is 2. The number of hydrogen-bond acceptors (Lipinski definition) is 5. The number of aromatic nitrogens is 1. The highest BCUT2D eigenvalue weighted by molar-refractivity contribution is 9.10. The fourth-order valence-electron chi connectivity index (χ4n) is 2.17. The Balaban J connectivity index is 2.39. The van der Waals surface area contributed by atoms with Gasteiger partial charge in [-0.2, -0.15) is 4.31 Å². The van der Waals surface area contributed by atoms with Gasteiger partial charge in [0, 0.05) is 24.3 Å². The third kappa shape index (κ3) is 2.76. The summed E-state index contributed by atoms with van der Waals surface area (Å²) in [5.41, 5.74) is 5.68. The Labute approximate surface area is 121 Å². The molecule has 0 radical (unpaired) electrons. The minimum absolute atomic E-state index is 0.00150. The Kier molecular flexibility index (Phi) is 4.14. The van der Waals surface area contributed by atoms with Crippen LogP contribution in [0.15, 0.2) is 21.6 Å². The molecule has 0 bridgehead atoms. The summed E-state index contributed by atoms with van der Waals surface area (Å²) in [7, 11) is -2.13. The maximum Gasteiger partial charge on any atom is 0.246 e. The van der Waals surface area contributed by atoms with Gasteiger partial charge in [0.05, 0.1) is 12.1 Å². The van der Waals surface area contributed by atoms with Crippen LogP contribution in [-0.2, 0) is 14.8 Å². The van der Waals surface area contributed by atoms with Crippen LogP contribution in [0.4, 0.5) is 5.82 Å². The summed E-state index contributed by atoms with van der Waals surface area (Å²) in [5, 5.41) is 0. The zero-order valence-electron chi connectivity index (χ0n) is 10.7. The van der Waals surface area contributed by atoms with Gasteiger partial charge >= 0.3 is 0 Å². The van der Waals surface area contributed by atoms with E-state index in [4.69, 9.17) is 10.5 Å². The van der Waals surface area contributed by atoms with Crippen LogP contribution >= 0.6 is 15.9 Å². The molecular weight excluding hydrogens is 334 g/mol. The molecule has 1 fully saturated rings. The van der Waals surface area contributed by atoms with E-state index in [1.807, 2.05) is 6.92 Å². The van der Waals surface area contributed by atoms with E-state index in [1.165, 1.54) is 16.6 Å². The molecule has 1 aromatic rings. The lowest BCUT2D eigenvalue weighted by atomic mass is 10.2. The number of likely N-dealkylation sites (N-methyl/N-ethyl adjacent to an activating group) is 1. The molecule has 0 saturated carbocycles. The molecule has 2 heterocycles. The van der Waals surface area contributed by atoms with Crippen LogP contribution in [-0.4, -0.2) is 43.5 Å². The van der Waals surface area contributed by atoms with Gasteiger partial charge in [0.15, 0.2) is 0 Å². The molecule has 1 aromatic heterocycles. The first kappa shape index (κ1) is 14.7. The monoisotopic (exact) mass is 349 g/mol. The lowest BCUT2D eigenvalue weighted by molar-refractivity contribution is 0.102. The third-order valence-electron chi connectivity index (χ3n) is 3.31. The van der Waals surface area contributed by atoms with Crippen LogP contribution in [0.3, 0.4) is 0 Å². The second-order valence-electron chi connectivity index (χ2n) is 4.49. The van der Waals surface area contributed by atoms with Crippen LogP contribution in [0, 0.1) is 0 Å². The molecule has 0 aliphatic carbocycles. The molecule has 1 aliphatic heterocycles. The van der Waals surface area contributed by atoms with Crippen molar-refractivity contribution in [3.63, 3.8) is 0 Å². The molecule has 0 amide bonds. The quantitative estimate of drug-likeness (QED) is 0.886. The number of pyridine rings is 1. The number of rotatable bonds is 3. The predicted octanol–water partition coefficient (Wildman–Crippen LogP) is 1.22. The van der Waals surface area contributed by atoms with Crippen molar-refractivity contribution in [1.82, 2.24) is 9.29 Å². The zero-order chi connectivity index (χ0) is 14.2. The van der Waals surface area contributed by atoms with E-state index in [1.54, 1.807) is 7.05 Å². The van der Waals surface area contributed by atoms with E-state index < -0.39 is 10.0 Å². The normalized spacial score (nSPS) is 24.0. The number of nitrogen functional groups attached to an aromatic ring is 1. The van der Waals surface area contributed by atoms with Crippen LogP contribution < -0.4 is 5.73 Å². The summed E-state index contributed by atoms with van der Waals surface area (Å²) < 4.78 is 32.4. The van der Waals surface area contributed by atoms with Crippen molar-refractivity contribution in [2.75, 3.05) is 19.4 Å². The first-order valence-electron chi connectivity index (χ1n) is 5.84. The summed E-state index contributed by atoms with van der Waals surface area (Å²) in [4.78, 5) is 3.88. The minimum Gasteiger partial charge on any atom is -0.383 e. The Morgan fingerprint density at radius 1 is 1.58 bits per heavy atom. The number of hydrogen-bond donors (Lipinski definition) is 1. The SMILES string of the molecule is CC1OCCC1N(C)S(=O)(=O)c1cc(Br)cnc1N. The molecule has 1 aliphatic rings. The summed E-state index contributed by atoms with van der Waals surface area (Å²) in [6, 6.07) is 1.29. The average molecular weight is 350 g/mol. The number of ether oxygens (including phenoxy) is 1. The predicted molar refractivity (Wildman–Crippen MR) is 75.1 cm³/mol. The van der Waals surface area contributed by atoms with Crippen LogP contribution in [0.2, 0.25) is 0 Å². The van der Waals surface area contributed by atoms with Gasteiger partial charge in [0.2, 0.25) is 10.0 Å². The summed E-state index contributed by atoms with van der Waals surface area (Å²) in [6.45, 7) is 2.43. The van der Waals surface area contributed by atoms with E-state index >= 15 is 0 Å². The van der Waals surface area contributed by atoms with Crippen molar-refractivity contribution in [1.29, 1.82) is 0 Å². The molecule has 1 saturated heterocycles. The topological polar surface area (TPSA) is 85.5 Å². The average Bonchev–Trinajstić information content (AvgIpc) is 2.77. The highest BCUT2D eigenvalue weighted by atomic mass is 79.9. The summed E-state index contributed by atoms with van der Waals surface area (Å²) >= 11 is 3.21. The Morgan fingerprint density at radius 3 is 2.84 bits per heavy atom. The fourth-order valence-corrected chi connectivity index (χ4v) is 4.19. The van der Waals surface area contributed by atoms with Crippen molar-refractivity contribution >= 4 is 31.8 Å². The Hall–Kier alpha value is -0.700. The molecular formula is C11H16BrN3O3S. The van der Waals surface area contributed by atoms with E-state index in [2.05, 4.69) is 20.9 Å². The highest BCUT2D eigenvalue weighted by Crippen LogP contribution is 2.28. The van der Waals surface area contributed by atoms with E-state index in [0.29, 0.717) is 17.5 Å². The molecule has 2 atom stereocenters. The van der Waals surface area contributed by atoms with E-state index in [9.17, 15) is 8.42 Å². The lowest BCUT2D eigenvalue weighted by Crippen LogP contribution is -2.41. The molecule has 6 nitrogen and oxygen atoms in total. The van der Waals surface area contributed by atoms with Crippen LogP contribution in [0.1, 0.15) is 13.3 Å². The number of halogens is 1. The maximum absolute atomic E-state index is 12.6. The molecule has 8 heteroatoms. The Morgan fingerprint density at radius 2 is 2.26 bits per heavy atom. The first-order valence-corrected chi connectivity index (χ1v) is 8.08. The van der Waals surface area contributed by atoms with Gasteiger partial charge in [-0.25, -0.2) is 13.4 Å². The third-order valence-corrected chi connectivity index (χ3v) is 5.65. The lowest BCUT2D eigenvalue weighted by Gasteiger charge is -2.26. The van der Waals surface area contributed by atoms with Crippen molar-refractivity contribution in [2.45, 2.75) is 30.4 Å². The number of anilines is 1. The molecule has 2 rings (SSSR count). The van der Waals surface area contributed by atoms with Crippen LogP contribution in [0.25, 0.3) is 0 Å². The van der Waals surface area contributed by atoms with Gasteiger partial charge in [-0.1, -0.05) is 0 Å². The molecule has 2 N–H and O–H groups in total. The molecule has 19 heavy (non-hydrogen) atoms. The molecule has 2 unspecified atom stereocenters. The molecule has 106 valence electrons. The molecule has 0 aromatic carbocycles. The van der Waals surface area contributed by atoms with Crippen molar-refractivity contribution < 1.29 is 13.2 Å². The first-order chi connectivity index (χ1) is 8.84. The second kappa shape index (κ2) is 5.35. The van der Waals surface area contributed by atoms with E-state index in [-0.39, 0.29) is 22.9 Å². The second-order valence-corrected chi connectivity index (χ2v) is 7.37. The fraction of sp³-hybridized carbons (Fsp3) is 0.545. The van der Waals surface area contributed by atoms with Crippen molar-refractivity contribution in [3.05, 3.63) is 16.7 Å². The zero-order valence-corrected chi connectivity index (χ0v) is 13.1. The smallest absolute Gasteiger partial charge is 0.246 e. The van der Waals surface area contributed by atoms with E-state index in [0.717, 1.165) is 0 Å². The largest absolute Gasteiger partial charge is 0.383 e.